The molecule has 1 atom stereocenters. The first-order valence-electron chi connectivity index (χ1n) is 7.05. The molecule has 0 amide bonds. The van der Waals surface area contributed by atoms with E-state index in [2.05, 4.69) is 38.3 Å². The smallest absolute Gasteiger partial charge is 0.130 e. The first-order valence-corrected chi connectivity index (χ1v) is 8.22. The lowest BCUT2D eigenvalue weighted by molar-refractivity contribution is 0.517. The summed E-state index contributed by atoms with van der Waals surface area (Å²) in [6, 6.07) is 4.19. The Kier molecular flexibility index (Phi) is 5.79. The summed E-state index contributed by atoms with van der Waals surface area (Å²) < 4.78 is 2.70. The lowest BCUT2D eigenvalue weighted by atomic mass is 10.0. The number of hydrogen-bond donors (Lipinski definition) is 1. The fraction of sp³-hybridized carbons (Fsp3) is 0.467. The van der Waals surface area contributed by atoms with Crippen molar-refractivity contribution >= 4 is 27.5 Å². The van der Waals surface area contributed by atoms with Crippen molar-refractivity contribution in [3.63, 3.8) is 0 Å². The normalized spacial score (nSPS) is 12.6. The molecule has 0 fully saturated rings. The van der Waals surface area contributed by atoms with E-state index in [4.69, 9.17) is 11.6 Å². The highest BCUT2D eigenvalue weighted by Gasteiger charge is 2.19. The maximum atomic E-state index is 6.35. The molecule has 6 heteroatoms. The summed E-state index contributed by atoms with van der Waals surface area (Å²) in [6.07, 6.45) is 3.69. The number of hydrogen-bond acceptors (Lipinski definition) is 3. The Labute approximate surface area is 139 Å². The van der Waals surface area contributed by atoms with Crippen LogP contribution in [0.2, 0.25) is 5.15 Å². The van der Waals surface area contributed by atoms with Crippen LogP contribution in [-0.2, 0) is 13.5 Å². The number of nitrogens with one attached hydrogen (secondary N) is 1. The first kappa shape index (κ1) is 16.5. The fourth-order valence-corrected chi connectivity index (χ4v) is 2.79. The molecule has 2 rings (SSSR count). The van der Waals surface area contributed by atoms with E-state index in [9.17, 15) is 0 Å². The van der Waals surface area contributed by atoms with Crippen molar-refractivity contribution in [2.24, 2.45) is 7.05 Å². The summed E-state index contributed by atoms with van der Waals surface area (Å²) in [7, 11) is 1.87. The molecule has 0 saturated carbocycles. The van der Waals surface area contributed by atoms with Crippen LogP contribution < -0.4 is 5.32 Å². The van der Waals surface area contributed by atoms with E-state index in [1.807, 2.05) is 32.3 Å². The largest absolute Gasteiger partial charge is 0.308 e. The second kappa shape index (κ2) is 7.38. The second-order valence-corrected chi connectivity index (χ2v) is 6.36. The molecule has 1 unspecified atom stereocenters. The zero-order valence-corrected chi connectivity index (χ0v) is 14.9. The highest BCUT2D eigenvalue weighted by Crippen LogP contribution is 2.25. The van der Waals surface area contributed by atoms with E-state index in [0.29, 0.717) is 5.15 Å². The lowest BCUT2D eigenvalue weighted by Crippen LogP contribution is -2.25. The van der Waals surface area contributed by atoms with Gasteiger partial charge in [0.05, 0.1) is 17.4 Å². The molecule has 2 aromatic heterocycles. The molecule has 114 valence electrons. The van der Waals surface area contributed by atoms with Crippen LogP contribution in [0.1, 0.15) is 36.3 Å². The molecule has 21 heavy (non-hydrogen) atoms. The van der Waals surface area contributed by atoms with E-state index in [0.717, 1.165) is 40.8 Å². The van der Waals surface area contributed by atoms with Gasteiger partial charge in [-0.3, -0.25) is 9.67 Å². The lowest BCUT2D eigenvalue weighted by Gasteiger charge is -2.18. The maximum Gasteiger partial charge on any atom is 0.130 e. The zero-order valence-electron chi connectivity index (χ0n) is 12.5. The first-order chi connectivity index (χ1) is 10.0. The van der Waals surface area contributed by atoms with E-state index in [-0.39, 0.29) is 6.04 Å². The number of aryl methyl sites for hydroxylation is 2. The van der Waals surface area contributed by atoms with Crippen LogP contribution in [0, 0.1) is 6.92 Å². The predicted octanol–water partition coefficient (Wildman–Crippen LogP) is 3.82. The summed E-state index contributed by atoms with van der Waals surface area (Å²) in [5, 5.41) is 8.63. The molecule has 4 nitrogen and oxygen atoms in total. The van der Waals surface area contributed by atoms with Gasteiger partial charge < -0.3 is 5.32 Å². The molecule has 0 aromatic carbocycles. The van der Waals surface area contributed by atoms with Crippen molar-refractivity contribution in [1.82, 2.24) is 20.1 Å². The Hall–Kier alpha value is -0.910. The summed E-state index contributed by atoms with van der Waals surface area (Å²) in [6.45, 7) is 5.09. The third kappa shape index (κ3) is 4.05. The molecular formula is C15H20BrClN4. The van der Waals surface area contributed by atoms with Gasteiger partial charge in [-0.2, -0.15) is 5.10 Å². The molecule has 0 bridgehead atoms. The molecule has 1 N–H and O–H groups in total. The third-order valence-electron chi connectivity index (χ3n) is 3.43. The van der Waals surface area contributed by atoms with Crippen LogP contribution in [0.3, 0.4) is 0 Å². The Balaban J connectivity index is 2.25. The molecule has 0 aliphatic carbocycles. The van der Waals surface area contributed by atoms with Gasteiger partial charge in [0.15, 0.2) is 0 Å². The van der Waals surface area contributed by atoms with Gasteiger partial charge in [0.1, 0.15) is 5.15 Å². The molecule has 0 aliphatic rings. The van der Waals surface area contributed by atoms with Crippen molar-refractivity contribution in [1.29, 1.82) is 0 Å². The Bertz CT molecular complexity index is 594. The Morgan fingerprint density at radius 3 is 2.71 bits per heavy atom. The minimum absolute atomic E-state index is 0.137. The van der Waals surface area contributed by atoms with Gasteiger partial charge in [0.25, 0.3) is 0 Å². The van der Waals surface area contributed by atoms with Crippen LogP contribution in [0.15, 0.2) is 22.8 Å². The second-order valence-electron chi connectivity index (χ2n) is 5.09. The van der Waals surface area contributed by atoms with Gasteiger partial charge in [0, 0.05) is 23.3 Å². The van der Waals surface area contributed by atoms with Crippen molar-refractivity contribution < 1.29 is 0 Å². The van der Waals surface area contributed by atoms with Gasteiger partial charge in [-0.1, -0.05) is 18.5 Å². The molecular weight excluding hydrogens is 352 g/mol. The van der Waals surface area contributed by atoms with Crippen molar-refractivity contribution in [2.75, 3.05) is 6.54 Å². The van der Waals surface area contributed by atoms with Crippen molar-refractivity contribution in [2.45, 2.75) is 32.7 Å². The maximum absolute atomic E-state index is 6.35. The van der Waals surface area contributed by atoms with Gasteiger partial charge in [0.2, 0.25) is 0 Å². The molecule has 0 aliphatic heterocycles. The molecule has 0 spiro atoms. The van der Waals surface area contributed by atoms with Gasteiger partial charge in [-0.15, -0.1) is 0 Å². The standard InChI is InChI=1S/C15H20BrClN4/c1-4-7-18-14(13-6-5-11(16)9-19-13)8-12-10(2)20-21(3)15(12)17/h5-6,9,14,18H,4,7-8H2,1-3H3. The summed E-state index contributed by atoms with van der Waals surface area (Å²) >= 11 is 9.77. The van der Waals surface area contributed by atoms with E-state index < -0.39 is 0 Å². The molecule has 2 aromatic rings. The van der Waals surface area contributed by atoms with Gasteiger partial charge >= 0.3 is 0 Å². The molecule has 0 saturated heterocycles. The highest BCUT2D eigenvalue weighted by atomic mass is 79.9. The Morgan fingerprint density at radius 2 is 2.19 bits per heavy atom. The number of aromatic nitrogens is 3. The minimum atomic E-state index is 0.137. The number of halogens is 2. The Morgan fingerprint density at radius 1 is 1.43 bits per heavy atom. The monoisotopic (exact) mass is 370 g/mol. The van der Waals surface area contributed by atoms with Crippen LogP contribution in [0.25, 0.3) is 0 Å². The van der Waals surface area contributed by atoms with Crippen molar-refractivity contribution in [3.05, 3.63) is 44.9 Å². The average molecular weight is 372 g/mol. The highest BCUT2D eigenvalue weighted by molar-refractivity contribution is 9.10. The van der Waals surface area contributed by atoms with Crippen LogP contribution in [0.5, 0.6) is 0 Å². The van der Waals surface area contributed by atoms with Gasteiger partial charge in [-0.05, 0) is 54.4 Å². The zero-order chi connectivity index (χ0) is 15.4. The topological polar surface area (TPSA) is 42.7 Å². The quantitative estimate of drug-likeness (QED) is 0.839. The van der Waals surface area contributed by atoms with Gasteiger partial charge in [-0.25, -0.2) is 0 Å². The summed E-state index contributed by atoms with van der Waals surface area (Å²) in [5.74, 6) is 0. The number of rotatable bonds is 6. The van der Waals surface area contributed by atoms with E-state index >= 15 is 0 Å². The van der Waals surface area contributed by atoms with Crippen molar-refractivity contribution in [3.8, 4) is 0 Å². The number of nitrogens with zero attached hydrogens (tertiary/aromatic N) is 3. The predicted molar refractivity (Wildman–Crippen MR) is 89.6 cm³/mol. The average Bonchev–Trinajstić information content (AvgIpc) is 2.70. The molecule has 2 heterocycles. The third-order valence-corrected chi connectivity index (χ3v) is 4.37. The van der Waals surface area contributed by atoms with E-state index in [1.54, 1.807) is 4.68 Å². The number of pyridine rings is 1. The SMILES string of the molecule is CCCNC(Cc1c(C)nn(C)c1Cl)c1ccc(Br)cn1. The molecule has 0 radical (unpaired) electrons. The summed E-state index contributed by atoms with van der Waals surface area (Å²) in [5.41, 5.74) is 3.08. The van der Waals surface area contributed by atoms with Crippen LogP contribution in [0.4, 0.5) is 0 Å². The fourth-order valence-electron chi connectivity index (χ4n) is 2.30. The summed E-state index contributed by atoms with van der Waals surface area (Å²) in [4.78, 5) is 4.51. The van der Waals surface area contributed by atoms with Crippen LogP contribution >= 0.6 is 27.5 Å². The van der Waals surface area contributed by atoms with E-state index in [1.165, 1.54) is 0 Å². The minimum Gasteiger partial charge on any atom is -0.308 e. The van der Waals surface area contributed by atoms with Crippen LogP contribution in [-0.4, -0.2) is 21.3 Å².